The SMILES string of the molecule is CC(C)(C)c1c[nH]c(=O)n1-c1ccc([N+](=O)[O-])cc1. The van der Waals surface area contributed by atoms with Crippen molar-refractivity contribution < 1.29 is 4.92 Å². The van der Waals surface area contributed by atoms with Crippen LogP contribution >= 0.6 is 0 Å². The smallest absolute Gasteiger partial charge is 0.312 e. The summed E-state index contributed by atoms with van der Waals surface area (Å²) in [5.41, 5.74) is 0.984. The van der Waals surface area contributed by atoms with Crippen LogP contribution in [0.15, 0.2) is 35.3 Å². The van der Waals surface area contributed by atoms with Gasteiger partial charge in [-0.3, -0.25) is 14.7 Å². The second kappa shape index (κ2) is 4.38. The quantitative estimate of drug-likeness (QED) is 0.665. The van der Waals surface area contributed by atoms with E-state index in [9.17, 15) is 14.9 Å². The molecule has 100 valence electrons. The predicted molar refractivity (Wildman–Crippen MR) is 71.7 cm³/mol. The van der Waals surface area contributed by atoms with Crippen LogP contribution in [-0.2, 0) is 5.41 Å². The van der Waals surface area contributed by atoms with E-state index in [0.717, 1.165) is 5.69 Å². The number of hydrogen-bond donors (Lipinski definition) is 1. The Hall–Kier alpha value is -2.37. The van der Waals surface area contributed by atoms with Gasteiger partial charge in [-0.1, -0.05) is 20.8 Å². The lowest BCUT2D eigenvalue weighted by atomic mass is 9.92. The molecule has 1 aromatic carbocycles. The van der Waals surface area contributed by atoms with Crippen molar-refractivity contribution in [2.45, 2.75) is 26.2 Å². The van der Waals surface area contributed by atoms with Crippen molar-refractivity contribution >= 4 is 5.69 Å². The molecule has 19 heavy (non-hydrogen) atoms. The maximum absolute atomic E-state index is 11.9. The summed E-state index contributed by atoms with van der Waals surface area (Å²) in [6.45, 7) is 5.99. The Bertz CT molecular complexity index is 660. The minimum absolute atomic E-state index is 0.00430. The van der Waals surface area contributed by atoms with Crippen LogP contribution in [0.1, 0.15) is 26.5 Å². The number of aromatic nitrogens is 2. The molecule has 0 spiro atoms. The average molecular weight is 261 g/mol. The van der Waals surface area contributed by atoms with Gasteiger partial charge in [0.2, 0.25) is 0 Å². The van der Waals surface area contributed by atoms with Crippen LogP contribution in [0.5, 0.6) is 0 Å². The Morgan fingerprint density at radius 1 is 1.21 bits per heavy atom. The lowest BCUT2D eigenvalue weighted by Gasteiger charge is -2.20. The lowest BCUT2D eigenvalue weighted by molar-refractivity contribution is -0.384. The van der Waals surface area contributed by atoms with Gasteiger partial charge in [-0.25, -0.2) is 4.79 Å². The largest absolute Gasteiger partial charge is 0.330 e. The zero-order valence-electron chi connectivity index (χ0n) is 11.0. The van der Waals surface area contributed by atoms with E-state index in [1.54, 1.807) is 18.3 Å². The number of hydrogen-bond acceptors (Lipinski definition) is 3. The molecule has 0 aliphatic heterocycles. The van der Waals surface area contributed by atoms with Crippen molar-refractivity contribution in [1.82, 2.24) is 9.55 Å². The molecule has 0 radical (unpaired) electrons. The molecule has 0 unspecified atom stereocenters. The summed E-state index contributed by atoms with van der Waals surface area (Å²) >= 11 is 0. The van der Waals surface area contributed by atoms with E-state index >= 15 is 0 Å². The lowest BCUT2D eigenvalue weighted by Crippen LogP contribution is -2.23. The van der Waals surface area contributed by atoms with Gasteiger partial charge in [-0.2, -0.15) is 0 Å². The van der Waals surface area contributed by atoms with E-state index in [-0.39, 0.29) is 16.8 Å². The van der Waals surface area contributed by atoms with Crippen LogP contribution < -0.4 is 5.69 Å². The normalized spacial score (nSPS) is 11.5. The molecule has 0 atom stereocenters. The van der Waals surface area contributed by atoms with Gasteiger partial charge in [0.15, 0.2) is 0 Å². The Morgan fingerprint density at radius 3 is 2.26 bits per heavy atom. The highest BCUT2D eigenvalue weighted by Crippen LogP contribution is 2.23. The van der Waals surface area contributed by atoms with Crippen LogP contribution in [0.4, 0.5) is 5.69 Å². The third-order valence-electron chi connectivity index (χ3n) is 2.86. The highest BCUT2D eigenvalue weighted by Gasteiger charge is 2.21. The fourth-order valence-electron chi connectivity index (χ4n) is 1.90. The van der Waals surface area contributed by atoms with Crippen LogP contribution in [0, 0.1) is 10.1 Å². The number of benzene rings is 1. The standard InChI is InChI=1S/C13H15N3O3/c1-13(2,3)11-8-14-12(17)15(11)9-4-6-10(7-5-9)16(18)19/h4-8H,1-3H3,(H,14,17). The number of nitro benzene ring substituents is 1. The molecule has 0 aliphatic rings. The van der Waals surface area contributed by atoms with Crippen LogP contribution in [-0.4, -0.2) is 14.5 Å². The van der Waals surface area contributed by atoms with Crippen molar-refractivity contribution in [1.29, 1.82) is 0 Å². The Kier molecular flexibility index (Phi) is 3.01. The Balaban J connectivity index is 2.56. The first-order chi connectivity index (χ1) is 8.80. The van der Waals surface area contributed by atoms with Crippen molar-refractivity contribution in [3.8, 4) is 5.69 Å². The Morgan fingerprint density at radius 2 is 1.79 bits per heavy atom. The zero-order chi connectivity index (χ0) is 14.2. The summed E-state index contributed by atoms with van der Waals surface area (Å²) < 4.78 is 1.53. The molecule has 0 saturated carbocycles. The van der Waals surface area contributed by atoms with Crippen molar-refractivity contribution in [3.63, 3.8) is 0 Å². The molecular formula is C13H15N3O3. The van der Waals surface area contributed by atoms with Gasteiger partial charge >= 0.3 is 5.69 Å². The first-order valence-electron chi connectivity index (χ1n) is 5.86. The number of nitrogens with zero attached hydrogens (tertiary/aromatic N) is 2. The summed E-state index contributed by atoms with van der Waals surface area (Å²) in [5.74, 6) is 0. The molecule has 1 N–H and O–H groups in total. The van der Waals surface area contributed by atoms with Crippen LogP contribution in [0.25, 0.3) is 5.69 Å². The number of nitrogens with one attached hydrogen (secondary N) is 1. The molecule has 0 amide bonds. The number of aromatic amines is 1. The second-order valence-electron chi connectivity index (χ2n) is 5.34. The molecule has 0 fully saturated rings. The van der Waals surface area contributed by atoms with E-state index in [4.69, 9.17) is 0 Å². The van der Waals surface area contributed by atoms with Gasteiger partial charge in [0, 0.05) is 29.4 Å². The van der Waals surface area contributed by atoms with E-state index in [1.165, 1.54) is 16.7 Å². The highest BCUT2D eigenvalue weighted by molar-refractivity contribution is 5.42. The van der Waals surface area contributed by atoms with Gasteiger partial charge in [-0.05, 0) is 12.1 Å². The van der Waals surface area contributed by atoms with E-state index in [0.29, 0.717) is 5.69 Å². The first kappa shape index (κ1) is 13.1. The molecule has 0 saturated heterocycles. The number of rotatable bonds is 2. The first-order valence-corrected chi connectivity index (χ1v) is 5.86. The average Bonchev–Trinajstić information content (AvgIpc) is 2.71. The Labute approximate surface area is 109 Å². The van der Waals surface area contributed by atoms with E-state index in [2.05, 4.69) is 4.98 Å². The molecule has 6 heteroatoms. The topological polar surface area (TPSA) is 80.9 Å². The van der Waals surface area contributed by atoms with Crippen molar-refractivity contribution in [3.05, 3.63) is 56.8 Å². The number of nitro groups is 1. The monoisotopic (exact) mass is 261 g/mol. The molecule has 2 rings (SSSR count). The fraction of sp³-hybridized carbons (Fsp3) is 0.308. The molecule has 0 aliphatic carbocycles. The summed E-state index contributed by atoms with van der Waals surface area (Å²) in [4.78, 5) is 24.7. The summed E-state index contributed by atoms with van der Waals surface area (Å²) in [6, 6.07) is 5.92. The van der Waals surface area contributed by atoms with Gasteiger partial charge in [0.25, 0.3) is 5.69 Å². The maximum atomic E-state index is 11.9. The number of H-pyrrole nitrogens is 1. The number of imidazole rings is 1. The van der Waals surface area contributed by atoms with Crippen LogP contribution in [0.3, 0.4) is 0 Å². The molecule has 0 bridgehead atoms. The van der Waals surface area contributed by atoms with Gasteiger partial charge in [0.05, 0.1) is 10.6 Å². The van der Waals surface area contributed by atoms with Crippen molar-refractivity contribution in [2.75, 3.05) is 0 Å². The minimum Gasteiger partial charge on any atom is -0.312 e. The second-order valence-corrected chi connectivity index (χ2v) is 5.34. The summed E-state index contributed by atoms with van der Waals surface area (Å²) in [5, 5.41) is 10.6. The van der Waals surface area contributed by atoms with E-state index < -0.39 is 4.92 Å². The third-order valence-corrected chi connectivity index (χ3v) is 2.86. The van der Waals surface area contributed by atoms with Crippen molar-refractivity contribution in [2.24, 2.45) is 0 Å². The van der Waals surface area contributed by atoms with Gasteiger partial charge in [0.1, 0.15) is 0 Å². The van der Waals surface area contributed by atoms with Gasteiger partial charge < -0.3 is 4.98 Å². The highest BCUT2D eigenvalue weighted by atomic mass is 16.6. The summed E-state index contributed by atoms with van der Waals surface area (Å²) in [7, 11) is 0. The molecule has 1 aromatic heterocycles. The van der Waals surface area contributed by atoms with Crippen LogP contribution in [0.2, 0.25) is 0 Å². The zero-order valence-corrected chi connectivity index (χ0v) is 11.0. The predicted octanol–water partition coefficient (Wildman–Crippen LogP) is 2.37. The van der Waals surface area contributed by atoms with E-state index in [1.807, 2.05) is 20.8 Å². The van der Waals surface area contributed by atoms with Gasteiger partial charge in [-0.15, -0.1) is 0 Å². The molecule has 1 heterocycles. The third kappa shape index (κ3) is 2.42. The minimum atomic E-state index is -0.464. The molecule has 2 aromatic rings. The summed E-state index contributed by atoms with van der Waals surface area (Å²) in [6.07, 6.45) is 1.67. The fourth-order valence-corrected chi connectivity index (χ4v) is 1.90. The maximum Gasteiger partial charge on any atom is 0.330 e. The molecule has 6 nitrogen and oxygen atoms in total. The molecular weight excluding hydrogens is 246 g/mol. The number of non-ortho nitro benzene ring substituents is 1.